The Morgan fingerprint density at radius 2 is 1.31 bits per heavy atom. The lowest BCUT2D eigenvalue weighted by atomic mass is 9.86. The molecule has 0 aliphatic rings. The second-order valence-corrected chi connectivity index (χ2v) is 14.7. The van der Waals surface area contributed by atoms with Crippen LogP contribution in [-0.4, -0.2) is 22.5 Å². The predicted octanol–water partition coefficient (Wildman–Crippen LogP) is 12.5. The van der Waals surface area contributed by atoms with Gasteiger partial charge in [-0.25, -0.2) is 9.98 Å². The van der Waals surface area contributed by atoms with Crippen LogP contribution >= 0.6 is 0 Å². The fraction of sp³-hybridized carbons (Fsp3) is 0.0816. The van der Waals surface area contributed by atoms with E-state index in [0.717, 1.165) is 66.5 Å². The van der Waals surface area contributed by atoms with Crippen LogP contribution in [0.15, 0.2) is 178 Å². The van der Waals surface area contributed by atoms with E-state index in [9.17, 15) is 0 Å². The van der Waals surface area contributed by atoms with Crippen molar-refractivity contribution in [3.63, 3.8) is 0 Å². The number of nitrogens with zero attached hydrogens (tertiary/aromatic N) is 3. The molecule has 7 aromatic carbocycles. The van der Waals surface area contributed by atoms with E-state index < -0.39 is 0 Å². The van der Waals surface area contributed by atoms with Gasteiger partial charge in [0.1, 0.15) is 11.2 Å². The molecule has 2 aromatic heterocycles. The van der Waals surface area contributed by atoms with E-state index in [1.165, 1.54) is 16.3 Å². The van der Waals surface area contributed by atoms with Crippen molar-refractivity contribution in [1.82, 2.24) is 4.57 Å². The van der Waals surface area contributed by atoms with E-state index >= 15 is 0 Å². The van der Waals surface area contributed by atoms with Gasteiger partial charge in [-0.2, -0.15) is 0 Å². The van der Waals surface area contributed by atoms with Crippen molar-refractivity contribution in [3.8, 4) is 16.8 Å². The van der Waals surface area contributed by atoms with E-state index in [4.69, 9.17) is 19.8 Å². The van der Waals surface area contributed by atoms with Crippen molar-refractivity contribution in [2.75, 3.05) is 0 Å². The Kier molecular flexibility index (Phi) is 8.12. The highest BCUT2D eigenvalue weighted by molar-refractivity contribution is 6.14. The first-order valence-corrected chi connectivity index (χ1v) is 18.2. The topological polar surface area (TPSA) is 66.6 Å². The molecule has 0 amide bonds. The first kappa shape index (κ1) is 33.0. The maximum Gasteiger partial charge on any atom is 0.161 e. The number of amidine groups is 2. The molecule has 54 heavy (non-hydrogen) atoms. The van der Waals surface area contributed by atoms with Gasteiger partial charge in [0.15, 0.2) is 11.7 Å². The number of hydrogen-bond acceptors (Lipinski definition) is 2. The van der Waals surface area contributed by atoms with Gasteiger partial charge in [0.05, 0.1) is 11.0 Å². The van der Waals surface area contributed by atoms with E-state index in [0.29, 0.717) is 5.84 Å². The largest absolute Gasteiger partial charge is 0.455 e. The Morgan fingerprint density at radius 3 is 2.13 bits per heavy atom. The number of fused-ring (bicyclic) bond motifs is 6. The number of benzene rings is 7. The van der Waals surface area contributed by atoms with Crippen molar-refractivity contribution < 1.29 is 4.42 Å². The molecule has 0 spiro atoms. The van der Waals surface area contributed by atoms with Gasteiger partial charge < -0.3 is 8.98 Å². The van der Waals surface area contributed by atoms with Crippen molar-refractivity contribution in [3.05, 3.63) is 186 Å². The average molecular weight is 699 g/mol. The molecule has 0 aliphatic carbocycles. The van der Waals surface area contributed by atoms with Gasteiger partial charge in [-0.05, 0) is 52.4 Å². The summed E-state index contributed by atoms with van der Waals surface area (Å²) in [5.74, 6) is 0.645. The fourth-order valence-electron chi connectivity index (χ4n) is 7.32. The molecule has 1 N–H and O–H groups in total. The Balaban J connectivity index is 1.12. The van der Waals surface area contributed by atoms with Gasteiger partial charge in [0.25, 0.3) is 0 Å². The summed E-state index contributed by atoms with van der Waals surface area (Å²) in [6, 6.07) is 56.2. The van der Waals surface area contributed by atoms with Crippen LogP contribution in [-0.2, 0) is 5.41 Å². The minimum Gasteiger partial charge on any atom is -0.455 e. The molecule has 0 radical (unpaired) electrons. The standard InChI is InChI=1S/C49H38N4O/c1-49(2,3)36-26-23-33(24-27-36)47(50)52-48(34-14-5-4-6-15-34)51-31-32-13-11-16-37(29-32)53-43-21-9-7-17-39(43)40-28-25-35(30-44(40)53)38-19-12-20-42-41-18-8-10-22-45(41)54-46(38)42/h4-31,50H,1-3H3/b50-47?,51-31+,52-48-. The zero-order valence-electron chi connectivity index (χ0n) is 30.4. The lowest BCUT2D eigenvalue weighted by Crippen LogP contribution is -2.11. The normalized spacial score (nSPS) is 12.5. The molecule has 0 unspecified atom stereocenters. The van der Waals surface area contributed by atoms with Gasteiger partial charge >= 0.3 is 0 Å². The summed E-state index contributed by atoms with van der Waals surface area (Å²) >= 11 is 0. The highest BCUT2D eigenvalue weighted by Crippen LogP contribution is 2.39. The Morgan fingerprint density at radius 1 is 0.611 bits per heavy atom. The van der Waals surface area contributed by atoms with Crippen molar-refractivity contribution >= 4 is 61.6 Å². The SMILES string of the molecule is CC(C)(C)c1ccc(C(=N)/N=C(\N=C\c2cccc(-n3c4ccccc4c4ccc(-c5cccc6c5oc5ccccc56)cc43)c2)c2ccccc2)cc1. The van der Waals surface area contributed by atoms with Gasteiger partial charge in [0, 0.05) is 50.1 Å². The Labute approximate surface area is 314 Å². The lowest BCUT2D eigenvalue weighted by Gasteiger charge is -2.19. The summed E-state index contributed by atoms with van der Waals surface area (Å²) in [5, 5.41) is 13.5. The van der Waals surface area contributed by atoms with Crippen LogP contribution in [0.25, 0.3) is 60.6 Å². The van der Waals surface area contributed by atoms with Crippen molar-refractivity contribution in [2.24, 2.45) is 9.98 Å². The van der Waals surface area contributed by atoms with Crippen LogP contribution in [0.1, 0.15) is 43.0 Å². The van der Waals surface area contributed by atoms with Crippen LogP contribution in [0.3, 0.4) is 0 Å². The number of aromatic nitrogens is 1. The number of hydrogen-bond donors (Lipinski definition) is 1. The number of furan rings is 1. The minimum absolute atomic E-state index is 0.0314. The second-order valence-electron chi connectivity index (χ2n) is 14.7. The highest BCUT2D eigenvalue weighted by Gasteiger charge is 2.17. The molecule has 9 rings (SSSR count). The zero-order valence-corrected chi connectivity index (χ0v) is 30.4. The molecule has 2 heterocycles. The van der Waals surface area contributed by atoms with Crippen LogP contribution in [0, 0.1) is 5.41 Å². The lowest BCUT2D eigenvalue weighted by molar-refractivity contribution is 0.590. The first-order valence-electron chi connectivity index (χ1n) is 18.2. The zero-order chi connectivity index (χ0) is 36.8. The number of para-hydroxylation sites is 3. The van der Waals surface area contributed by atoms with E-state index in [-0.39, 0.29) is 11.3 Å². The molecule has 5 nitrogen and oxygen atoms in total. The number of aliphatic imine (C=N–C) groups is 2. The van der Waals surface area contributed by atoms with Crippen LogP contribution in [0.2, 0.25) is 0 Å². The summed E-state index contributed by atoms with van der Waals surface area (Å²) < 4.78 is 8.77. The molecule has 5 heteroatoms. The Hall–Kier alpha value is -6.85. The molecular weight excluding hydrogens is 661 g/mol. The summed E-state index contributed by atoms with van der Waals surface area (Å²) in [5.41, 5.74) is 10.9. The van der Waals surface area contributed by atoms with Gasteiger partial charge in [0.2, 0.25) is 0 Å². The molecule has 0 fully saturated rings. The van der Waals surface area contributed by atoms with E-state index in [1.807, 2.05) is 66.9 Å². The molecule has 0 bridgehead atoms. The average Bonchev–Trinajstić information content (AvgIpc) is 3.75. The van der Waals surface area contributed by atoms with E-state index in [2.05, 4.69) is 128 Å². The maximum atomic E-state index is 8.88. The van der Waals surface area contributed by atoms with Crippen LogP contribution < -0.4 is 0 Å². The second kappa shape index (κ2) is 13.3. The van der Waals surface area contributed by atoms with Crippen LogP contribution in [0.5, 0.6) is 0 Å². The van der Waals surface area contributed by atoms with Gasteiger partial charge in [-0.1, -0.05) is 154 Å². The molecule has 0 saturated carbocycles. The number of nitrogens with one attached hydrogen (secondary N) is 1. The fourth-order valence-corrected chi connectivity index (χ4v) is 7.32. The summed E-state index contributed by atoms with van der Waals surface area (Å²) in [6.07, 6.45) is 1.84. The summed E-state index contributed by atoms with van der Waals surface area (Å²) in [7, 11) is 0. The summed E-state index contributed by atoms with van der Waals surface area (Å²) in [4.78, 5) is 9.64. The van der Waals surface area contributed by atoms with Gasteiger partial charge in [-0.3, -0.25) is 5.41 Å². The Bertz CT molecular complexity index is 2920. The molecule has 0 atom stereocenters. The first-order chi connectivity index (χ1) is 26.3. The third kappa shape index (κ3) is 6.00. The van der Waals surface area contributed by atoms with Crippen LogP contribution in [0.4, 0.5) is 0 Å². The van der Waals surface area contributed by atoms with Gasteiger partial charge in [-0.15, -0.1) is 0 Å². The van der Waals surface area contributed by atoms with Crippen molar-refractivity contribution in [1.29, 1.82) is 5.41 Å². The molecule has 9 aromatic rings. The number of rotatable bonds is 5. The molecule has 0 aliphatic heterocycles. The predicted molar refractivity (Wildman–Crippen MR) is 226 cm³/mol. The summed E-state index contributed by atoms with van der Waals surface area (Å²) in [6.45, 7) is 6.56. The highest BCUT2D eigenvalue weighted by atomic mass is 16.3. The maximum absolute atomic E-state index is 8.88. The monoisotopic (exact) mass is 698 g/mol. The third-order valence-corrected chi connectivity index (χ3v) is 10.1. The third-order valence-electron chi connectivity index (χ3n) is 10.1. The van der Waals surface area contributed by atoms with E-state index in [1.54, 1.807) is 0 Å². The molecule has 260 valence electrons. The quantitative estimate of drug-likeness (QED) is 0.141. The molecule has 0 saturated heterocycles. The smallest absolute Gasteiger partial charge is 0.161 e. The minimum atomic E-state index is 0.0314. The molecular formula is C49H38N4O. The van der Waals surface area contributed by atoms with Crippen molar-refractivity contribution in [2.45, 2.75) is 26.2 Å².